The molecule has 0 spiro atoms. The van der Waals surface area contributed by atoms with Crippen molar-refractivity contribution < 1.29 is 19.1 Å². The molecule has 98 valence electrons. The van der Waals surface area contributed by atoms with Crippen LogP contribution in [0.15, 0.2) is 30.3 Å². The summed E-state index contributed by atoms with van der Waals surface area (Å²) in [4.78, 5) is 21.6. The van der Waals surface area contributed by atoms with Crippen molar-refractivity contribution in [3.8, 4) is 0 Å². The van der Waals surface area contributed by atoms with Gasteiger partial charge in [0.2, 0.25) is 5.91 Å². The predicted octanol–water partition coefficient (Wildman–Crippen LogP) is 0.415. The molecule has 0 fully saturated rings. The highest BCUT2D eigenvalue weighted by Gasteiger charge is 2.01. The summed E-state index contributed by atoms with van der Waals surface area (Å²) in [6.07, 6.45) is -0.526. The average molecular weight is 252 g/mol. The van der Waals surface area contributed by atoms with Gasteiger partial charge in [0, 0.05) is 6.54 Å². The standard InChI is InChI=1S/C12H16N2O4/c13-11(15)9-17-7-6-14-12(16)18-8-10-4-2-1-3-5-10/h1-5H,6-9H2,(H2,13,15)(H,14,16). The number of ether oxygens (including phenoxy) is 2. The molecule has 6 nitrogen and oxygen atoms in total. The normalized spacial score (nSPS) is 9.78. The maximum Gasteiger partial charge on any atom is 0.407 e. The van der Waals surface area contributed by atoms with Crippen LogP contribution in [-0.2, 0) is 20.9 Å². The zero-order valence-electron chi connectivity index (χ0n) is 9.93. The summed E-state index contributed by atoms with van der Waals surface area (Å²) in [6.45, 7) is 0.542. The summed E-state index contributed by atoms with van der Waals surface area (Å²) in [5.41, 5.74) is 5.79. The highest BCUT2D eigenvalue weighted by molar-refractivity contribution is 5.75. The maximum atomic E-state index is 11.2. The Morgan fingerprint density at radius 1 is 1.22 bits per heavy atom. The second-order valence-corrected chi connectivity index (χ2v) is 3.51. The van der Waals surface area contributed by atoms with E-state index in [1.54, 1.807) is 0 Å². The number of nitrogens with two attached hydrogens (primary N) is 1. The number of nitrogens with one attached hydrogen (secondary N) is 1. The lowest BCUT2D eigenvalue weighted by Gasteiger charge is -2.07. The first-order valence-electron chi connectivity index (χ1n) is 5.49. The Kier molecular flexibility index (Phi) is 6.27. The molecular formula is C12H16N2O4. The molecule has 0 unspecified atom stereocenters. The summed E-state index contributed by atoms with van der Waals surface area (Å²) >= 11 is 0. The molecule has 0 saturated heterocycles. The molecular weight excluding hydrogens is 236 g/mol. The SMILES string of the molecule is NC(=O)COCCNC(=O)OCc1ccccc1. The summed E-state index contributed by atoms with van der Waals surface area (Å²) in [6, 6.07) is 9.36. The number of primary amides is 1. The third-order valence-electron chi connectivity index (χ3n) is 1.97. The smallest absolute Gasteiger partial charge is 0.407 e. The number of hydrogen-bond donors (Lipinski definition) is 2. The molecule has 2 amide bonds. The van der Waals surface area contributed by atoms with Crippen molar-refractivity contribution in [1.82, 2.24) is 5.32 Å². The highest BCUT2D eigenvalue weighted by atomic mass is 16.5. The van der Waals surface area contributed by atoms with E-state index in [0.717, 1.165) is 5.56 Å². The van der Waals surface area contributed by atoms with Gasteiger partial charge in [-0.15, -0.1) is 0 Å². The molecule has 1 rings (SSSR count). The molecule has 0 heterocycles. The molecule has 6 heteroatoms. The van der Waals surface area contributed by atoms with E-state index in [9.17, 15) is 9.59 Å². The van der Waals surface area contributed by atoms with Gasteiger partial charge in [-0.25, -0.2) is 4.79 Å². The molecule has 0 aromatic heterocycles. The lowest BCUT2D eigenvalue weighted by atomic mass is 10.2. The Labute approximate surface area is 105 Å². The van der Waals surface area contributed by atoms with E-state index in [-0.39, 0.29) is 26.4 Å². The zero-order valence-corrected chi connectivity index (χ0v) is 9.93. The second kappa shape index (κ2) is 8.08. The Hall–Kier alpha value is -2.08. The van der Waals surface area contributed by atoms with E-state index in [0.29, 0.717) is 0 Å². The molecule has 0 radical (unpaired) electrons. The van der Waals surface area contributed by atoms with Crippen molar-refractivity contribution in [2.75, 3.05) is 19.8 Å². The van der Waals surface area contributed by atoms with Gasteiger partial charge in [-0.1, -0.05) is 30.3 Å². The topological polar surface area (TPSA) is 90.7 Å². The van der Waals surface area contributed by atoms with Crippen molar-refractivity contribution >= 4 is 12.0 Å². The third-order valence-corrected chi connectivity index (χ3v) is 1.97. The lowest BCUT2D eigenvalue weighted by Crippen LogP contribution is -2.29. The van der Waals surface area contributed by atoms with Gasteiger partial charge >= 0.3 is 6.09 Å². The molecule has 0 aliphatic carbocycles. The van der Waals surface area contributed by atoms with E-state index in [1.807, 2.05) is 30.3 Å². The van der Waals surface area contributed by atoms with Gasteiger partial charge < -0.3 is 20.5 Å². The van der Waals surface area contributed by atoms with Crippen LogP contribution in [0.4, 0.5) is 4.79 Å². The first-order valence-corrected chi connectivity index (χ1v) is 5.49. The number of hydrogen-bond acceptors (Lipinski definition) is 4. The lowest BCUT2D eigenvalue weighted by molar-refractivity contribution is -0.122. The predicted molar refractivity (Wildman–Crippen MR) is 64.6 cm³/mol. The van der Waals surface area contributed by atoms with E-state index < -0.39 is 12.0 Å². The van der Waals surface area contributed by atoms with Crippen LogP contribution in [0.2, 0.25) is 0 Å². The minimum Gasteiger partial charge on any atom is -0.445 e. The molecule has 0 saturated carbocycles. The fourth-order valence-electron chi connectivity index (χ4n) is 1.17. The number of amides is 2. The summed E-state index contributed by atoms with van der Waals surface area (Å²) in [5, 5.41) is 2.49. The number of carbonyl (C=O) groups is 2. The maximum absolute atomic E-state index is 11.2. The van der Waals surface area contributed by atoms with Crippen LogP contribution in [0.25, 0.3) is 0 Å². The van der Waals surface area contributed by atoms with Crippen LogP contribution in [0, 0.1) is 0 Å². The van der Waals surface area contributed by atoms with E-state index in [2.05, 4.69) is 5.32 Å². The largest absolute Gasteiger partial charge is 0.445 e. The van der Waals surface area contributed by atoms with Crippen LogP contribution >= 0.6 is 0 Å². The van der Waals surface area contributed by atoms with E-state index in [4.69, 9.17) is 15.2 Å². The van der Waals surface area contributed by atoms with Gasteiger partial charge in [0.15, 0.2) is 0 Å². The first kappa shape index (κ1) is 14.0. The van der Waals surface area contributed by atoms with Gasteiger partial charge in [0.1, 0.15) is 13.2 Å². The van der Waals surface area contributed by atoms with Crippen molar-refractivity contribution in [2.24, 2.45) is 5.73 Å². The minimum absolute atomic E-state index is 0.152. The molecule has 3 N–H and O–H groups in total. The monoisotopic (exact) mass is 252 g/mol. The second-order valence-electron chi connectivity index (χ2n) is 3.51. The molecule has 18 heavy (non-hydrogen) atoms. The van der Waals surface area contributed by atoms with Gasteiger partial charge in [-0.3, -0.25) is 4.79 Å². The molecule has 1 aromatic rings. The number of alkyl carbamates (subject to hydrolysis) is 1. The van der Waals surface area contributed by atoms with Crippen molar-refractivity contribution in [3.63, 3.8) is 0 Å². The Morgan fingerprint density at radius 3 is 2.61 bits per heavy atom. The highest BCUT2D eigenvalue weighted by Crippen LogP contribution is 2.00. The fraction of sp³-hybridized carbons (Fsp3) is 0.333. The molecule has 0 aliphatic heterocycles. The summed E-state index contributed by atoms with van der Waals surface area (Å²) in [7, 11) is 0. The van der Waals surface area contributed by atoms with Crippen LogP contribution in [0.1, 0.15) is 5.56 Å². The van der Waals surface area contributed by atoms with E-state index in [1.165, 1.54) is 0 Å². The molecule has 0 bridgehead atoms. The Morgan fingerprint density at radius 2 is 1.94 bits per heavy atom. The quantitative estimate of drug-likeness (QED) is 0.688. The van der Waals surface area contributed by atoms with Gasteiger partial charge in [-0.05, 0) is 5.56 Å². The zero-order chi connectivity index (χ0) is 13.2. The van der Waals surface area contributed by atoms with Crippen molar-refractivity contribution in [2.45, 2.75) is 6.61 Å². The van der Waals surface area contributed by atoms with Crippen molar-refractivity contribution in [1.29, 1.82) is 0 Å². The molecule has 0 atom stereocenters. The summed E-state index contributed by atoms with van der Waals surface area (Å²) in [5.74, 6) is -0.540. The first-order chi connectivity index (χ1) is 8.68. The number of benzene rings is 1. The van der Waals surface area contributed by atoms with Gasteiger partial charge in [0.25, 0.3) is 0 Å². The number of rotatable bonds is 7. The minimum atomic E-state index is -0.540. The van der Waals surface area contributed by atoms with Crippen LogP contribution in [0.5, 0.6) is 0 Å². The van der Waals surface area contributed by atoms with Gasteiger partial charge in [-0.2, -0.15) is 0 Å². The van der Waals surface area contributed by atoms with E-state index >= 15 is 0 Å². The van der Waals surface area contributed by atoms with Crippen LogP contribution in [-0.4, -0.2) is 31.8 Å². The van der Waals surface area contributed by atoms with Crippen LogP contribution < -0.4 is 11.1 Å². The average Bonchev–Trinajstić information content (AvgIpc) is 2.37. The fourth-order valence-corrected chi connectivity index (χ4v) is 1.17. The van der Waals surface area contributed by atoms with Crippen molar-refractivity contribution in [3.05, 3.63) is 35.9 Å². The number of carbonyl (C=O) groups excluding carboxylic acids is 2. The van der Waals surface area contributed by atoms with Crippen LogP contribution in [0.3, 0.4) is 0 Å². The molecule has 0 aliphatic rings. The Bertz CT molecular complexity index is 381. The summed E-state index contributed by atoms with van der Waals surface area (Å²) < 4.78 is 9.82. The molecule has 1 aromatic carbocycles. The Balaban J connectivity index is 2.06. The van der Waals surface area contributed by atoms with Gasteiger partial charge in [0.05, 0.1) is 6.61 Å². The third kappa shape index (κ3) is 6.49.